The molecule has 2 N–H and O–H groups in total. The predicted octanol–water partition coefficient (Wildman–Crippen LogP) is 2.99. The summed E-state index contributed by atoms with van der Waals surface area (Å²) in [5, 5.41) is 9.06. The van der Waals surface area contributed by atoms with Crippen LogP contribution in [0, 0.1) is 0 Å². The van der Waals surface area contributed by atoms with Crippen molar-refractivity contribution in [3.63, 3.8) is 0 Å². The minimum absolute atomic E-state index is 0.0467. The Bertz CT molecular complexity index is 936. The average Bonchev–Trinajstić information content (AvgIpc) is 2.60. The molecule has 0 unspecified atom stereocenters. The van der Waals surface area contributed by atoms with Gasteiger partial charge >= 0.3 is 5.97 Å². The van der Waals surface area contributed by atoms with Gasteiger partial charge in [-0.1, -0.05) is 29.8 Å². The number of allylic oxidation sites excluding steroid dienone is 1. The molecular weight excluding hydrogens is 378 g/mol. The number of rotatable bonds is 8. The van der Waals surface area contributed by atoms with Crippen LogP contribution in [0.25, 0.3) is 6.08 Å². The minimum atomic E-state index is -3.82. The van der Waals surface area contributed by atoms with E-state index in [0.29, 0.717) is 16.1 Å². The first kappa shape index (κ1) is 19.8. The van der Waals surface area contributed by atoms with E-state index in [4.69, 9.17) is 16.7 Å². The third kappa shape index (κ3) is 5.52. The smallest absolute Gasteiger partial charge is 0.304 e. The maximum Gasteiger partial charge on any atom is 0.304 e. The number of nitrogens with one attached hydrogen (secondary N) is 1. The first-order valence-electron chi connectivity index (χ1n) is 7.58. The van der Waals surface area contributed by atoms with Crippen molar-refractivity contribution in [2.75, 3.05) is 6.54 Å². The highest BCUT2D eigenvalue weighted by Crippen LogP contribution is 2.17. The maximum absolute atomic E-state index is 12.2. The number of sulfonamides is 1. The summed E-state index contributed by atoms with van der Waals surface area (Å²) >= 11 is 6.01. The predicted molar refractivity (Wildman–Crippen MR) is 98.7 cm³/mol. The number of hydrogen-bond donors (Lipinski definition) is 2. The molecular formula is C18H16ClNO5S. The zero-order valence-electron chi connectivity index (χ0n) is 13.6. The number of carboxylic acid groups (broad SMARTS) is 1. The summed E-state index contributed by atoms with van der Waals surface area (Å²) in [7, 11) is -3.82. The van der Waals surface area contributed by atoms with Crippen LogP contribution in [0.4, 0.5) is 0 Å². The zero-order chi connectivity index (χ0) is 19.2. The molecule has 0 atom stereocenters. The molecule has 0 spiro atoms. The summed E-state index contributed by atoms with van der Waals surface area (Å²) in [6.07, 6.45) is 2.63. The van der Waals surface area contributed by atoms with Crippen molar-refractivity contribution in [3.8, 4) is 0 Å². The zero-order valence-corrected chi connectivity index (χ0v) is 15.1. The van der Waals surface area contributed by atoms with Crippen molar-refractivity contribution in [3.05, 3.63) is 70.8 Å². The highest BCUT2D eigenvalue weighted by atomic mass is 35.5. The molecule has 2 rings (SSSR count). The van der Waals surface area contributed by atoms with Crippen LogP contribution in [0.1, 0.15) is 22.3 Å². The van der Waals surface area contributed by atoms with E-state index >= 15 is 0 Å². The molecule has 0 aromatic heterocycles. The molecule has 0 fully saturated rings. The van der Waals surface area contributed by atoms with E-state index < -0.39 is 16.0 Å². The standard InChI is InChI=1S/C18H16ClNO5S/c19-16-4-2-1-3-13(16)7-10-17(21)14-5-8-15(9-6-14)26(24,25)20-12-11-18(22)23/h1-10,20H,11-12H2,(H,22,23). The highest BCUT2D eigenvalue weighted by molar-refractivity contribution is 7.89. The molecule has 0 bridgehead atoms. The topological polar surface area (TPSA) is 101 Å². The van der Waals surface area contributed by atoms with E-state index in [1.165, 1.54) is 30.3 Å². The Morgan fingerprint density at radius 3 is 2.35 bits per heavy atom. The molecule has 136 valence electrons. The first-order chi connectivity index (χ1) is 12.3. The summed E-state index contributed by atoms with van der Waals surface area (Å²) in [4.78, 5) is 22.6. The number of benzene rings is 2. The van der Waals surface area contributed by atoms with Gasteiger partial charge in [-0.15, -0.1) is 0 Å². The van der Waals surface area contributed by atoms with E-state index in [-0.39, 0.29) is 23.6 Å². The lowest BCUT2D eigenvalue weighted by molar-refractivity contribution is -0.136. The lowest BCUT2D eigenvalue weighted by atomic mass is 10.1. The normalized spacial score (nSPS) is 11.6. The Labute approximate surface area is 156 Å². The molecule has 26 heavy (non-hydrogen) atoms. The van der Waals surface area contributed by atoms with E-state index in [2.05, 4.69) is 4.72 Å². The monoisotopic (exact) mass is 393 g/mol. The quantitative estimate of drug-likeness (QED) is 0.530. The van der Waals surface area contributed by atoms with Gasteiger partial charge in [0.2, 0.25) is 10.0 Å². The van der Waals surface area contributed by atoms with Crippen molar-refractivity contribution in [1.82, 2.24) is 4.72 Å². The molecule has 0 aliphatic heterocycles. The van der Waals surface area contributed by atoms with Gasteiger partial charge in [0.1, 0.15) is 0 Å². The second-order valence-electron chi connectivity index (χ2n) is 5.28. The molecule has 2 aromatic carbocycles. The number of hydrogen-bond acceptors (Lipinski definition) is 4. The second-order valence-corrected chi connectivity index (χ2v) is 7.46. The molecule has 0 aliphatic carbocycles. The van der Waals surface area contributed by atoms with Crippen molar-refractivity contribution >= 4 is 39.5 Å². The number of carbonyl (C=O) groups is 2. The van der Waals surface area contributed by atoms with Gasteiger partial charge in [-0.3, -0.25) is 9.59 Å². The summed E-state index contributed by atoms with van der Waals surface area (Å²) in [5.41, 5.74) is 1.02. The molecule has 0 aliphatic rings. The number of halogens is 1. The van der Waals surface area contributed by atoms with E-state index in [9.17, 15) is 18.0 Å². The Kier molecular flexibility index (Phi) is 6.68. The minimum Gasteiger partial charge on any atom is -0.481 e. The summed E-state index contributed by atoms with van der Waals surface area (Å²) in [6.45, 7) is -0.209. The van der Waals surface area contributed by atoms with Crippen LogP contribution in [-0.2, 0) is 14.8 Å². The molecule has 8 heteroatoms. The second kappa shape index (κ2) is 8.75. The first-order valence-corrected chi connectivity index (χ1v) is 9.44. The van der Waals surface area contributed by atoms with Gasteiger partial charge in [0.05, 0.1) is 11.3 Å². The summed E-state index contributed by atoms with van der Waals surface area (Å²) in [5.74, 6) is -1.40. The number of aliphatic carboxylic acids is 1. The van der Waals surface area contributed by atoms with Crippen LogP contribution in [-0.4, -0.2) is 31.8 Å². The number of ketones is 1. The molecule has 0 heterocycles. The molecule has 0 radical (unpaired) electrons. The third-order valence-corrected chi connectivity index (χ3v) is 5.22. The van der Waals surface area contributed by atoms with Crippen molar-refractivity contribution in [1.29, 1.82) is 0 Å². The van der Waals surface area contributed by atoms with Crippen LogP contribution in [0.3, 0.4) is 0 Å². The molecule has 2 aromatic rings. The molecule has 6 nitrogen and oxygen atoms in total. The fourth-order valence-corrected chi connectivity index (χ4v) is 3.28. The van der Waals surface area contributed by atoms with Crippen LogP contribution >= 0.6 is 11.6 Å². The van der Waals surface area contributed by atoms with Crippen molar-refractivity contribution < 1.29 is 23.1 Å². The van der Waals surface area contributed by atoms with Gasteiger partial charge in [0.15, 0.2) is 5.78 Å². The van der Waals surface area contributed by atoms with E-state index in [0.717, 1.165) is 0 Å². The van der Waals surface area contributed by atoms with Gasteiger partial charge < -0.3 is 5.11 Å². The Morgan fingerprint density at radius 2 is 1.73 bits per heavy atom. The van der Waals surface area contributed by atoms with Gasteiger partial charge in [-0.2, -0.15) is 0 Å². The van der Waals surface area contributed by atoms with Crippen molar-refractivity contribution in [2.24, 2.45) is 0 Å². The largest absolute Gasteiger partial charge is 0.481 e. The van der Waals surface area contributed by atoms with Crippen LogP contribution in [0.2, 0.25) is 5.02 Å². The summed E-state index contributed by atoms with van der Waals surface area (Å²) < 4.78 is 26.2. The fourth-order valence-electron chi connectivity index (χ4n) is 2.05. The maximum atomic E-state index is 12.2. The molecule has 0 amide bonds. The van der Waals surface area contributed by atoms with Gasteiger partial charge in [-0.25, -0.2) is 13.1 Å². The lowest BCUT2D eigenvalue weighted by Crippen LogP contribution is -2.26. The third-order valence-electron chi connectivity index (χ3n) is 3.40. The Morgan fingerprint density at radius 1 is 1.08 bits per heavy atom. The Balaban J connectivity index is 2.07. The molecule has 0 saturated heterocycles. The highest BCUT2D eigenvalue weighted by Gasteiger charge is 2.14. The number of carboxylic acids is 1. The average molecular weight is 394 g/mol. The SMILES string of the molecule is O=C(O)CCNS(=O)(=O)c1ccc(C(=O)C=Cc2ccccc2Cl)cc1. The van der Waals surface area contributed by atoms with Gasteiger partial charge in [0.25, 0.3) is 0 Å². The van der Waals surface area contributed by atoms with E-state index in [1.54, 1.807) is 30.3 Å². The van der Waals surface area contributed by atoms with Gasteiger partial charge in [-0.05, 0) is 48.0 Å². The fraction of sp³-hybridized carbons (Fsp3) is 0.111. The van der Waals surface area contributed by atoms with Crippen LogP contribution < -0.4 is 4.72 Å². The lowest BCUT2D eigenvalue weighted by Gasteiger charge is -2.06. The molecule has 0 saturated carbocycles. The van der Waals surface area contributed by atoms with Crippen molar-refractivity contribution in [2.45, 2.75) is 11.3 Å². The van der Waals surface area contributed by atoms with Crippen LogP contribution in [0.15, 0.2) is 59.5 Å². The van der Waals surface area contributed by atoms with Gasteiger partial charge in [0, 0.05) is 17.1 Å². The van der Waals surface area contributed by atoms with Crippen LogP contribution in [0.5, 0.6) is 0 Å². The summed E-state index contributed by atoms with van der Waals surface area (Å²) in [6, 6.07) is 12.4. The van der Waals surface area contributed by atoms with E-state index in [1.807, 2.05) is 0 Å². The number of carbonyl (C=O) groups excluding carboxylic acids is 1. The Hall–Kier alpha value is -2.48.